The summed E-state index contributed by atoms with van der Waals surface area (Å²) in [5.74, 6) is -16.6. The van der Waals surface area contributed by atoms with Crippen molar-refractivity contribution in [1.82, 2.24) is 63.1 Å². The molecule has 20 N–H and O–H groups in total. The normalized spacial score (nSPS) is 14.6. The van der Waals surface area contributed by atoms with Gasteiger partial charge in [0.2, 0.25) is 65.0 Å². The minimum Gasteiger partial charge on any atom is -0.481 e. The molecule has 0 aliphatic rings. The number of nitrogens with two attached hydrogens (primary N) is 2. The number of aromatic nitrogens is 2. The summed E-state index contributed by atoms with van der Waals surface area (Å²) in [6.45, 7) is 7.32. The average Bonchev–Trinajstić information content (AvgIpc) is 0.819. The molecule has 0 spiro atoms. The predicted molar refractivity (Wildman–Crippen MR) is 390 cm³/mol. The van der Waals surface area contributed by atoms with Crippen LogP contribution in [0.3, 0.4) is 0 Å². The summed E-state index contributed by atoms with van der Waals surface area (Å²) in [6.07, 6.45) is -3.67. The fourth-order valence-corrected chi connectivity index (χ4v) is 11.4. The van der Waals surface area contributed by atoms with E-state index in [9.17, 15) is 87.9 Å². The number of carbonyl (C=O) groups excluding carboxylic acids is 11. The highest BCUT2D eigenvalue weighted by atomic mass is 19.1. The number of aromatic amines is 1. The third-order valence-corrected chi connectivity index (χ3v) is 17.6. The van der Waals surface area contributed by atoms with Crippen molar-refractivity contribution >= 4 is 76.9 Å². The molecule has 0 aliphatic carbocycles. The molecule has 6 rings (SSSR count). The Morgan fingerprint density at radius 1 is 0.556 bits per heavy atom. The SMILES string of the molecule is CCc1ccccc1-c1ccc(C[C@H](NC(=O)[C@H](CC(=O)O)NC(=O)[C@H](CO)NC(=O)[C@@H](NC(=O)[C@](C)(Cc2ccccc2F)NC(=O)[C@@H](NC(=O)CNC(=O)[C@H](CCC(=O)O)NC(=O)C(C)(C)NC(=O)[C@@H](N)Cc2cnc[nH]2)[C@@H](C)O)[C@@H](C)O)C(=O)N[C@@H](Cc2ccc(-c3ccccc3C)cc2)C(N)=O)cc1. The molecule has 0 aliphatic heterocycles. The number of carbonyl (C=O) groups is 13. The highest BCUT2D eigenvalue weighted by Crippen LogP contribution is 2.27. The van der Waals surface area contributed by atoms with Crippen molar-refractivity contribution in [3.05, 3.63) is 173 Å². The monoisotopic (exact) mass is 1500 g/mol. The number of rotatable bonds is 40. The lowest BCUT2D eigenvalue weighted by Gasteiger charge is -2.34. The van der Waals surface area contributed by atoms with Crippen LogP contribution in [0, 0.1) is 12.7 Å². The Balaban J connectivity index is 1.17. The van der Waals surface area contributed by atoms with Crippen LogP contribution in [-0.4, -0.2) is 197 Å². The number of aliphatic hydroxyl groups excluding tert-OH is 3. The molecule has 0 unspecified atom stereocenters. The number of imidazole rings is 1. The topological polar surface area (TPSA) is 524 Å². The lowest BCUT2D eigenvalue weighted by atomic mass is 9.90. The highest BCUT2D eigenvalue weighted by Gasteiger charge is 2.43. The second kappa shape index (κ2) is 39.5. The van der Waals surface area contributed by atoms with Gasteiger partial charge in [-0.3, -0.25) is 62.3 Å². The summed E-state index contributed by atoms with van der Waals surface area (Å²) in [5.41, 5.74) is 14.8. The maximum Gasteiger partial charge on any atom is 0.305 e. The Morgan fingerprint density at radius 2 is 1.08 bits per heavy atom. The van der Waals surface area contributed by atoms with Gasteiger partial charge in [-0.15, -0.1) is 0 Å². The van der Waals surface area contributed by atoms with Gasteiger partial charge in [-0.1, -0.05) is 122 Å². The fourth-order valence-electron chi connectivity index (χ4n) is 11.4. The number of primary amides is 1. The number of nitrogens with zero attached hydrogens (tertiary/aromatic N) is 1. The minimum atomic E-state index is -2.42. The van der Waals surface area contributed by atoms with E-state index in [0.717, 1.165) is 66.6 Å². The third-order valence-electron chi connectivity index (χ3n) is 17.6. The highest BCUT2D eigenvalue weighted by molar-refractivity contribution is 6.01. The zero-order chi connectivity index (χ0) is 79.7. The van der Waals surface area contributed by atoms with Crippen molar-refractivity contribution in [3.8, 4) is 22.3 Å². The van der Waals surface area contributed by atoms with E-state index in [0.29, 0.717) is 16.8 Å². The number of hydrogen-bond donors (Lipinski definition) is 18. The van der Waals surface area contributed by atoms with Crippen molar-refractivity contribution in [2.24, 2.45) is 11.5 Å². The number of amides is 11. The van der Waals surface area contributed by atoms with Gasteiger partial charge in [-0.05, 0) is 111 Å². The van der Waals surface area contributed by atoms with Gasteiger partial charge in [0.05, 0.1) is 44.1 Å². The third kappa shape index (κ3) is 24.9. The van der Waals surface area contributed by atoms with Crippen LogP contribution in [0.15, 0.2) is 134 Å². The quantitative estimate of drug-likeness (QED) is 0.0224. The Hall–Kier alpha value is -11.8. The number of nitrogens with one attached hydrogen (secondary N) is 11. The summed E-state index contributed by atoms with van der Waals surface area (Å²) in [5, 5.41) is 75.2. The van der Waals surface area contributed by atoms with Crippen LogP contribution in [0.4, 0.5) is 4.39 Å². The Kier molecular flexibility index (Phi) is 31.1. The second-order valence-corrected chi connectivity index (χ2v) is 26.8. The van der Waals surface area contributed by atoms with Crippen LogP contribution >= 0.6 is 0 Å². The second-order valence-electron chi connectivity index (χ2n) is 26.8. The molecular weight excluding hydrogens is 1400 g/mol. The van der Waals surface area contributed by atoms with Gasteiger partial charge < -0.3 is 95.2 Å². The lowest BCUT2D eigenvalue weighted by molar-refractivity contribution is -0.142. The van der Waals surface area contributed by atoms with E-state index in [2.05, 4.69) is 63.1 Å². The maximum atomic E-state index is 15.5. The number of benzene rings is 5. The average molecular weight is 1500 g/mol. The smallest absolute Gasteiger partial charge is 0.305 e. The molecule has 0 saturated heterocycles. The minimum absolute atomic E-state index is 0.00951. The van der Waals surface area contributed by atoms with E-state index < -0.39 is 193 Å². The van der Waals surface area contributed by atoms with E-state index >= 15 is 4.39 Å². The standard InChI is InChI=1S/C75H93FN14O18/c1-8-45-16-10-13-19-51(45)47-27-23-44(24-28-47)32-56(67(102)82-55(64(78)99)31-43-21-25-46(26-22-43)50-18-12-9-15-40(50)2)83-68(103)57(34-61(97)98)84-69(104)58(38-91)85-70(105)62(41(3)92)88-73(108)75(7,35-48-17-11-14-20-52(48)76)90-71(106)63(42(4)93)87-59(94)37-80-66(101)54(29-30-60(95)96)86-72(107)74(5,6)89-65(100)53(77)33-49-36-79-39-81-49/h9-28,36,39,41-42,53-58,62-63,91-93H,8,29-35,37-38,77H2,1-7H3,(H2,78,99)(H,79,81)(H,80,101)(H,82,102)(H,83,103)(H,84,104)(H,85,105)(H,86,107)(H,87,94)(H,88,108)(H,89,100)(H,90,106)(H,95,96)(H,97,98)/t41-,42-,53+,54+,55+,56+,57+,58+,62+,63+,75+/m1/s1. The number of aliphatic carboxylic acids is 2. The first-order valence-corrected chi connectivity index (χ1v) is 34.6. The molecule has 0 fully saturated rings. The molecule has 5 aromatic carbocycles. The van der Waals surface area contributed by atoms with E-state index in [1.807, 2.05) is 74.5 Å². The predicted octanol–water partition coefficient (Wildman–Crippen LogP) is -0.790. The van der Waals surface area contributed by atoms with Crippen LogP contribution in [0.2, 0.25) is 0 Å². The first-order chi connectivity index (χ1) is 51.0. The molecule has 578 valence electrons. The van der Waals surface area contributed by atoms with E-state index in [1.165, 1.54) is 44.6 Å². The van der Waals surface area contributed by atoms with Gasteiger partial charge in [0, 0.05) is 44.0 Å². The van der Waals surface area contributed by atoms with E-state index in [1.54, 1.807) is 36.4 Å². The van der Waals surface area contributed by atoms with Crippen molar-refractivity contribution in [1.29, 1.82) is 0 Å². The number of aliphatic hydroxyl groups is 3. The molecule has 0 bridgehead atoms. The zero-order valence-electron chi connectivity index (χ0n) is 60.6. The molecule has 33 heteroatoms. The zero-order valence-corrected chi connectivity index (χ0v) is 60.6. The molecule has 1 aromatic heterocycles. The number of aryl methyl sites for hydroxylation is 2. The van der Waals surface area contributed by atoms with Crippen LogP contribution in [-0.2, 0) is 94.4 Å². The number of H-pyrrole nitrogens is 1. The molecule has 32 nitrogen and oxygen atoms in total. The van der Waals surface area contributed by atoms with Gasteiger partial charge in [-0.2, -0.15) is 0 Å². The van der Waals surface area contributed by atoms with Crippen LogP contribution < -0.4 is 64.6 Å². The first-order valence-electron chi connectivity index (χ1n) is 34.6. The van der Waals surface area contributed by atoms with Gasteiger partial charge in [-0.25, -0.2) is 9.37 Å². The van der Waals surface area contributed by atoms with Gasteiger partial charge in [0.25, 0.3) is 0 Å². The number of hydrogen-bond acceptors (Lipinski definition) is 18. The number of halogens is 1. The molecule has 108 heavy (non-hydrogen) atoms. The van der Waals surface area contributed by atoms with Crippen LogP contribution in [0.5, 0.6) is 0 Å². The summed E-state index contributed by atoms with van der Waals surface area (Å²) < 4.78 is 15.5. The van der Waals surface area contributed by atoms with Crippen LogP contribution in [0.1, 0.15) is 94.3 Å². The van der Waals surface area contributed by atoms with Gasteiger partial charge >= 0.3 is 11.9 Å². The first kappa shape index (κ1) is 85.1. The van der Waals surface area contributed by atoms with Crippen molar-refractivity contribution in [2.45, 2.75) is 171 Å². The van der Waals surface area contributed by atoms with Crippen molar-refractivity contribution < 1.29 is 92.3 Å². The molecule has 11 amide bonds. The number of carboxylic acids is 2. The summed E-state index contributed by atoms with van der Waals surface area (Å²) in [7, 11) is 0. The maximum absolute atomic E-state index is 15.5. The van der Waals surface area contributed by atoms with E-state index in [-0.39, 0.29) is 24.8 Å². The van der Waals surface area contributed by atoms with Gasteiger partial charge in [0.15, 0.2) is 0 Å². The molecule has 1 heterocycles. The summed E-state index contributed by atoms with van der Waals surface area (Å²) in [4.78, 5) is 183. The largest absolute Gasteiger partial charge is 0.481 e. The Bertz CT molecular complexity index is 4200. The van der Waals surface area contributed by atoms with Crippen molar-refractivity contribution in [2.75, 3.05) is 13.2 Å². The summed E-state index contributed by atoms with van der Waals surface area (Å²) in [6, 6.07) is 20.4. The van der Waals surface area contributed by atoms with Crippen LogP contribution in [0.25, 0.3) is 22.3 Å². The van der Waals surface area contributed by atoms with Gasteiger partial charge in [0.1, 0.15) is 59.2 Å². The molecule has 11 atom stereocenters. The van der Waals surface area contributed by atoms with E-state index in [4.69, 9.17) is 11.5 Å². The summed E-state index contributed by atoms with van der Waals surface area (Å²) >= 11 is 0. The Morgan fingerprint density at radius 3 is 1.64 bits per heavy atom. The molecule has 6 aromatic rings. The molecule has 0 radical (unpaired) electrons. The lowest BCUT2D eigenvalue weighted by Crippen LogP contribution is -2.67. The number of carboxylic acid groups (broad SMARTS) is 2. The molecule has 0 saturated carbocycles. The molecular formula is C75H93FN14O18. The van der Waals surface area contributed by atoms with Crippen molar-refractivity contribution in [3.63, 3.8) is 0 Å². The Labute approximate surface area is 621 Å². The fraction of sp³-hybridized carbons (Fsp3) is 0.387.